The van der Waals surface area contributed by atoms with Crippen molar-refractivity contribution in [2.45, 2.75) is 45.4 Å². The van der Waals surface area contributed by atoms with Gasteiger partial charge in [0.15, 0.2) is 5.78 Å². The van der Waals surface area contributed by atoms with Crippen LogP contribution in [0, 0.1) is 16.7 Å². The highest BCUT2D eigenvalue weighted by Crippen LogP contribution is 2.35. The van der Waals surface area contributed by atoms with Crippen LogP contribution < -0.4 is 0 Å². The Morgan fingerprint density at radius 2 is 1.89 bits per heavy atom. The monoisotopic (exact) mass is 241 g/mol. The first-order chi connectivity index (χ1) is 8.70. The second kappa shape index (κ2) is 5.35. The number of carbonyl (C=O) groups excluding carboxylic acids is 1. The van der Waals surface area contributed by atoms with E-state index in [0.29, 0.717) is 12.8 Å². The van der Waals surface area contributed by atoms with Gasteiger partial charge in [-0.15, -0.1) is 0 Å². The molecule has 1 saturated carbocycles. The van der Waals surface area contributed by atoms with Crippen LogP contribution in [0.25, 0.3) is 0 Å². The predicted molar refractivity (Wildman–Crippen MR) is 71.0 cm³/mol. The number of hydrogen-bond donors (Lipinski definition) is 0. The molecule has 1 unspecified atom stereocenters. The lowest BCUT2D eigenvalue weighted by molar-refractivity contribution is -0.128. The molecule has 1 aliphatic rings. The van der Waals surface area contributed by atoms with Crippen LogP contribution in [-0.2, 0) is 17.6 Å². The molecule has 1 aromatic rings. The van der Waals surface area contributed by atoms with Gasteiger partial charge in [-0.05, 0) is 36.8 Å². The van der Waals surface area contributed by atoms with E-state index in [2.05, 4.69) is 37.3 Å². The van der Waals surface area contributed by atoms with Crippen LogP contribution in [0.2, 0.25) is 0 Å². The lowest BCUT2D eigenvalue weighted by Crippen LogP contribution is -2.34. The molecule has 0 aliphatic heterocycles. The highest BCUT2D eigenvalue weighted by molar-refractivity contribution is 5.88. The number of hydrogen-bond acceptors (Lipinski definition) is 2. The van der Waals surface area contributed by atoms with Crippen LogP contribution in [0.15, 0.2) is 24.3 Å². The standard InChI is InChI=1S/C16H19NO/c1-2-13-6-8-14(9-7-13)11-16(12-17)10-4-3-5-15(16)18/h6-9H,2-5,10-11H2,1H3. The minimum atomic E-state index is -0.758. The van der Waals surface area contributed by atoms with E-state index in [1.54, 1.807) is 0 Å². The van der Waals surface area contributed by atoms with Crippen LogP contribution in [0.4, 0.5) is 0 Å². The fraction of sp³-hybridized carbons (Fsp3) is 0.500. The first kappa shape index (κ1) is 12.8. The van der Waals surface area contributed by atoms with Crippen molar-refractivity contribution in [3.05, 3.63) is 35.4 Å². The van der Waals surface area contributed by atoms with E-state index in [9.17, 15) is 10.1 Å². The maximum atomic E-state index is 12.1. The van der Waals surface area contributed by atoms with E-state index in [4.69, 9.17) is 0 Å². The van der Waals surface area contributed by atoms with Gasteiger partial charge in [-0.25, -0.2) is 0 Å². The predicted octanol–water partition coefficient (Wildman–Crippen LogP) is 3.44. The molecule has 1 atom stereocenters. The van der Waals surface area contributed by atoms with Crippen LogP contribution >= 0.6 is 0 Å². The summed E-state index contributed by atoms with van der Waals surface area (Å²) in [6.07, 6.45) is 4.82. The van der Waals surface area contributed by atoms with E-state index in [1.165, 1.54) is 5.56 Å². The molecule has 0 amide bonds. The normalized spacial score (nSPS) is 23.7. The number of nitriles is 1. The average molecular weight is 241 g/mol. The zero-order valence-corrected chi connectivity index (χ0v) is 10.9. The quantitative estimate of drug-likeness (QED) is 0.813. The molecule has 18 heavy (non-hydrogen) atoms. The Morgan fingerprint density at radius 1 is 1.22 bits per heavy atom. The molecular weight excluding hydrogens is 222 g/mol. The molecule has 2 nitrogen and oxygen atoms in total. The van der Waals surface area contributed by atoms with E-state index in [0.717, 1.165) is 31.2 Å². The van der Waals surface area contributed by atoms with Gasteiger partial charge in [-0.3, -0.25) is 4.79 Å². The highest BCUT2D eigenvalue weighted by atomic mass is 16.1. The summed E-state index contributed by atoms with van der Waals surface area (Å²) in [5.74, 6) is 0.135. The molecule has 0 aromatic heterocycles. The third-order valence-corrected chi connectivity index (χ3v) is 3.94. The van der Waals surface area contributed by atoms with Crippen molar-refractivity contribution in [2.75, 3.05) is 0 Å². The summed E-state index contributed by atoms with van der Waals surface area (Å²) in [5, 5.41) is 9.40. The van der Waals surface area contributed by atoms with Crippen molar-refractivity contribution < 1.29 is 4.79 Å². The van der Waals surface area contributed by atoms with Crippen LogP contribution in [0.3, 0.4) is 0 Å². The highest BCUT2D eigenvalue weighted by Gasteiger charge is 2.39. The van der Waals surface area contributed by atoms with E-state index in [-0.39, 0.29) is 5.78 Å². The molecule has 2 rings (SSSR count). The van der Waals surface area contributed by atoms with Crippen molar-refractivity contribution in [1.82, 2.24) is 0 Å². The van der Waals surface area contributed by atoms with Gasteiger partial charge in [0, 0.05) is 6.42 Å². The Morgan fingerprint density at radius 3 is 2.44 bits per heavy atom. The molecule has 0 saturated heterocycles. The largest absolute Gasteiger partial charge is 0.298 e. The number of benzene rings is 1. The number of aryl methyl sites for hydroxylation is 1. The first-order valence-corrected chi connectivity index (χ1v) is 6.72. The van der Waals surface area contributed by atoms with Crippen LogP contribution in [-0.4, -0.2) is 5.78 Å². The molecule has 0 spiro atoms. The van der Waals surface area contributed by atoms with Crippen LogP contribution in [0.1, 0.15) is 43.7 Å². The van der Waals surface area contributed by atoms with Crippen molar-refractivity contribution in [3.63, 3.8) is 0 Å². The molecule has 0 bridgehead atoms. The van der Waals surface area contributed by atoms with Gasteiger partial charge < -0.3 is 0 Å². The zero-order chi connectivity index (χ0) is 13.0. The molecule has 1 fully saturated rings. The first-order valence-electron chi connectivity index (χ1n) is 6.72. The van der Waals surface area contributed by atoms with Gasteiger partial charge in [0.2, 0.25) is 0 Å². The topological polar surface area (TPSA) is 40.9 Å². The molecule has 2 heteroatoms. The third kappa shape index (κ3) is 2.46. The summed E-state index contributed by atoms with van der Waals surface area (Å²) < 4.78 is 0. The molecule has 1 aliphatic carbocycles. The molecule has 0 heterocycles. The Labute approximate surface area is 109 Å². The average Bonchev–Trinajstić information content (AvgIpc) is 2.42. The van der Waals surface area contributed by atoms with Gasteiger partial charge in [0.25, 0.3) is 0 Å². The smallest absolute Gasteiger partial charge is 0.153 e. The Hall–Kier alpha value is -1.62. The van der Waals surface area contributed by atoms with Crippen molar-refractivity contribution in [3.8, 4) is 6.07 Å². The van der Waals surface area contributed by atoms with Gasteiger partial charge in [0.1, 0.15) is 5.41 Å². The zero-order valence-electron chi connectivity index (χ0n) is 10.9. The van der Waals surface area contributed by atoms with Crippen molar-refractivity contribution in [1.29, 1.82) is 5.26 Å². The summed E-state index contributed by atoms with van der Waals surface area (Å²) in [4.78, 5) is 12.1. The number of carbonyl (C=O) groups is 1. The third-order valence-electron chi connectivity index (χ3n) is 3.94. The Balaban J connectivity index is 2.19. The van der Waals surface area contributed by atoms with Crippen molar-refractivity contribution >= 4 is 5.78 Å². The van der Waals surface area contributed by atoms with Gasteiger partial charge in [-0.2, -0.15) is 5.26 Å². The van der Waals surface area contributed by atoms with Gasteiger partial charge in [0.05, 0.1) is 6.07 Å². The fourth-order valence-corrected chi connectivity index (χ4v) is 2.68. The van der Waals surface area contributed by atoms with Gasteiger partial charge >= 0.3 is 0 Å². The fourth-order valence-electron chi connectivity index (χ4n) is 2.68. The summed E-state index contributed by atoms with van der Waals surface area (Å²) >= 11 is 0. The molecule has 1 aromatic carbocycles. The van der Waals surface area contributed by atoms with E-state index < -0.39 is 5.41 Å². The SMILES string of the molecule is CCc1ccc(CC2(C#N)CCCCC2=O)cc1. The van der Waals surface area contributed by atoms with Crippen molar-refractivity contribution in [2.24, 2.45) is 5.41 Å². The second-order valence-corrected chi connectivity index (χ2v) is 5.17. The maximum Gasteiger partial charge on any atom is 0.153 e. The Bertz CT molecular complexity index is 469. The summed E-state index contributed by atoms with van der Waals surface area (Å²) in [7, 11) is 0. The van der Waals surface area contributed by atoms with Crippen LogP contribution in [0.5, 0.6) is 0 Å². The summed E-state index contributed by atoms with van der Waals surface area (Å²) in [6, 6.07) is 10.6. The number of ketones is 1. The molecule has 0 radical (unpaired) electrons. The maximum absolute atomic E-state index is 12.1. The number of rotatable bonds is 3. The number of Topliss-reactive ketones (excluding diaryl/α,β-unsaturated/α-hetero) is 1. The second-order valence-electron chi connectivity index (χ2n) is 5.17. The lowest BCUT2D eigenvalue weighted by Gasteiger charge is -2.29. The summed E-state index contributed by atoms with van der Waals surface area (Å²) in [6.45, 7) is 2.12. The molecule has 0 N–H and O–H groups in total. The Kier molecular flexibility index (Phi) is 3.81. The minimum absolute atomic E-state index is 0.135. The summed E-state index contributed by atoms with van der Waals surface area (Å²) in [5.41, 5.74) is 1.63. The lowest BCUT2D eigenvalue weighted by atomic mass is 9.70. The molecular formula is C16H19NO. The van der Waals surface area contributed by atoms with E-state index in [1.807, 2.05) is 0 Å². The minimum Gasteiger partial charge on any atom is -0.298 e. The molecule has 94 valence electrons. The number of nitrogens with zero attached hydrogens (tertiary/aromatic N) is 1. The van der Waals surface area contributed by atoms with Gasteiger partial charge in [-0.1, -0.05) is 37.6 Å². The van der Waals surface area contributed by atoms with E-state index >= 15 is 0 Å².